The van der Waals surface area contributed by atoms with Gasteiger partial charge in [-0.2, -0.15) is 5.10 Å². The van der Waals surface area contributed by atoms with Gasteiger partial charge in [-0.15, -0.1) is 0 Å². The normalized spacial score (nSPS) is 16.0. The van der Waals surface area contributed by atoms with Crippen LogP contribution >= 0.6 is 0 Å². The molecule has 0 spiro atoms. The predicted molar refractivity (Wildman–Crippen MR) is 114 cm³/mol. The summed E-state index contributed by atoms with van der Waals surface area (Å²) in [5.41, 5.74) is 0.998. The first-order valence-electron chi connectivity index (χ1n) is 9.54. The van der Waals surface area contributed by atoms with Crippen LogP contribution in [-0.4, -0.2) is 56.7 Å². The summed E-state index contributed by atoms with van der Waals surface area (Å²) in [6, 6.07) is 3.83. The number of anilines is 3. The number of aromatic amines is 2. The van der Waals surface area contributed by atoms with Crippen LogP contribution in [0, 0.1) is 17.3 Å². The van der Waals surface area contributed by atoms with Crippen molar-refractivity contribution in [1.29, 1.82) is 5.41 Å². The number of rotatable bonds is 5. The van der Waals surface area contributed by atoms with Crippen molar-refractivity contribution in [3.63, 3.8) is 0 Å². The molecule has 0 saturated carbocycles. The van der Waals surface area contributed by atoms with Crippen LogP contribution in [0.25, 0.3) is 0 Å². The second kappa shape index (κ2) is 8.67. The van der Waals surface area contributed by atoms with Gasteiger partial charge in [0.1, 0.15) is 17.5 Å². The Balaban J connectivity index is 1.74. The van der Waals surface area contributed by atoms with Gasteiger partial charge in [0, 0.05) is 36.8 Å². The van der Waals surface area contributed by atoms with Gasteiger partial charge in [-0.3, -0.25) is 9.67 Å². The van der Waals surface area contributed by atoms with E-state index in [0.717, 1.165) is 5.82 Å². The largest absolute Gasteiger partial charge is 0.377 e. The summed E-state index contributed by atoms with van der Waals surface area (Å²) in [5.74, 6) is 8.05. The van der Waals surface area contributed by atoms with Gasteiger partial charge >= 0.3 is 5.69 Å². The molecule has 10 heteroatoms. The first-order valence-corrected chi connectivity index (χ1v) is 9.54. The molecule has 1 fully saturated rings. The summed E-state index contributed by atoms with van der Waals surface area (Å²) in [4.78, 5) is 21.2. The van der Waals surface area contributed by atoms with E-state index in [2.05, 4.69) is 44.2 Å². The Morgan fingerprint density at radius 3 is 3.10 bits per heavy atom. The smallest absolute Gasteiger partial charge is 0.326 e. The molecule has 4 heterocycles. The molecule has 154 valence electrons. The Morgan fingerprint density at radius 2 is 2.40 bits per heavy atom. The van der Waals surface area contributed by atoms with E-state index < -0.39 is 0 Å². The Bertz CT molecular complexity index is 1140. The van der Waals surface area contributed by atoms with E-state index >= 15 is 0 Å². The van der Waals surface area contributed by atoms with Crippen molar-refractivity contribution in [2.45, 2.75) is 19.5 Å². The lowest BCUT2D eigenvalue weighted by Gasteiger charge is -2.34. The van der Waals surface area contributed by atoms with Crippen LogP contribution in [0.3, 0.4) is 0 Å². The zero-order valence-corrected chi connectivity index (χ0v) is 16.5. The molecule has 30 heavy (non-hydrogen) atoms. The van der Waals surface area contributed by atoms with E-state index in [9.17, 15) is 4.79 Å². The number of hydrogen-bond donors (Lipinski definition) is 4. The van der Waals surface area contributed by atoms with Crippen LogP contribution in [-0.2, 0) is 11.3 Å². The average molecular weight is 406 g/mol. The number of aromatic nitrogens is 5. The fraction of sp³-hybridized carbons (Fsp3) is 0.300. The monoisotopic (exact) mass is 406 g/mol. The van der Waals surface area contributed by atoms with E-state index in [1.54, 1.807) is 24.7 Å². The summed E-state index contributed by atoms with van der Waals surface area (Å²) in [6.45, 7) is 4.28. The summed E-state index contributed by atoms with van der Waals surface area (Å²) < 4.78 is 7.02. The number of pyridine rings is 1. The third-order valence-corrected chi connectivity index (χ3v) is 4.80. The minimum atomic E-state index is -0.212. The number of imidazole rings is 1. The average Bonchev–Trinajstić information content (AvgIpc) is 3.40. The quantitative estimate of drug-likeness (QED) is 0.374. The molecular formula is C20H22N8O2. The molecule has 3 aromatic heterocycles. The summed E-state index contributed by atoms with van der Waals surface area (Å²) in [7, 11) is 0. The molecule has 1 saturated heterocycles. The predicted octanol–water partition coefficient (Wildman–Crippen LogP) is 1.31. The molecule has 0 aliphatic carbocycles. The lowest BCUT2D eigenvalue weighted by molar-refractivity contribution is 0.0985. The van der Waals surface area contributed by atoms with Gasteiger partial charge in [0.15, 0.2) is 0 Å². The molecule has 10 nitrogen and oxygen atoms in total. The zero-order valence-electron chi connectivity index (χ0n) is 16.5. The van der Waals surface area contributed by atoms with Gasteiger partial charge in [-0.1, -0.05) is 11.8 Å². The highest BCUT2D eigenvalue weighted by Gasteiger charge is 2.22. The second-order valence-corrected chi connectivity index (χ2v) is 6.84. The maximum atomic E-state index is 11.7. The standard InChI is InChI=1S/C20H22N8O2/c1-14-13-30-10-9-28(14)18-11-15(3-2-7-27-8-6-22-20(27)29)16(12-21)19(25-18)24-17-4-5-23-26-17/h4-6,8,11-12,14,21H,7,9-10,13H2,1H3,(H,22,29)(H2,23,24,25,26)/t14-/m1/s1. The van der Waals surface area contributed by atoms with Crippen molar-refractivity contribution < 1.29 is 4.74 Å². The lowest BCUT2D eigenvalue weighted by Crippen LogP contribution is -2.44. The Labute approximate surface area is 172 Å². The van der Waals surface area contributed by atoms with Crippen LogP contribution in [0.5, 0.6) is 0 Å². The van der Waals surface area contributed by atoms with E-state index in [-0.39, 0.29) is 18.3 Å². The highest BCUT2D eigenvalue weighted by atomic mass is 16.5. The molecule has 0 bridgehead atoms. The molecule has 1 aliphatic heterocycles. The Hall–Kier alpha value is -3.84. The van der Waals surface area contributed by atoms with E-state index in [0.29, 0.717) is 42.5 Å². The van der Waals surface area contributed by atoms with Crippen LogP contribution < -0.4 is 15.9 Å². The number of H-pyrrole nitrogens is 2. The maximum absolute atomic E-state index is 11.7. The SMILES string of the molecule is C[C@@H]1COCCN1c1cc(C#CCn2cc[nH]c2=O)c(C=N)c(Nc2ccn[nH]2)n1. The molecule has 0 aromatic carbocycles. The number of hydrogen-bond acceptors (Lipinski definition) is 7. The highest BCUT2D eigenvalue weighted by Crippen LogP contribution is 2.26. The van der Waals surface area contributed by atoms with Gasteiger partial charge in [0.05, 0.1) is 37.6 Å². The fourth-order valence-electron chi connectivity index (χ4n) is 3.25. The Kier molecular flexibility index (Phi) is 5.63. The summed E-state index contributed by atoms with van der Waals surface area (Å²) >= 11 is 0. The van der Waals surface area contributed by atoms with Crippen molar-refractivity contribution in [1.82, 2.24) is 24.7 Å². The number of ether oxygens (including phenoxy) is 1. The fourth-order valence-corrected chi connectivity index (χ4v) is 3.25. The second-order valence-electron chi connectivity index (χ2n) is 6.84. The van der Waals surface area contributed by atoms with Crippen LogP contribution in [0.2, 0.25) is 0 Å². The van der Waals surface area contributed by atoms with E-state index in [4.69, 9.17) is 15.1 Å². The van der Waals surface area contributed by atoms with Gasteiger partial charge in [0.25, 0.3) is 0 Å². The lowest BCUT2D eigenvalue weighted by atomic mass is 10.1. The van der Waals surface area contributed by atoms with Gasteiger partial charge in [-0.05, 0) is 13.0 Å². The van der Waals surface area contributed by atoms with E-state index in [1.165, 1.54) is 10.8 Å². The molecule has 0 unspecified atom stereocenters. The first-order chi connectivity index (χ1) is 14.7. The third kappa shape index (κ3) is 4.11. The van der Waals surface area contributed by atoms with Crippen LogP contribution in [0.15, 0.2) is 35.5 Å². The van der Waals surface area contributed by atoms with Crippen molar-refractivity contribution in [2.24, 2.45) is 0 Å². The van der Waals surface area contributed by atoms with Crippen molar-refractivity contribution >= 4 is 23.7 Å². The highest BCUT2D eigenvalue weighted by molar-refractivity contribution is 5.90. The molecule has 1 aliphatic rings. The minimum Gasteiger partial charge on any atom is -0.377 e. The van der Waals surface area contributed by atoms with Crippen LogP contribution in [0.4, 0.5) is 17.5 Å². The number of morpholine rings is 1. The van der Waals surface area contributed by atoms with E-state index in [1.807, 2.05) is 6.07 Å². The van der Waals surface area contributed by atoms with Gasteiger partial charge in [0.2, 0.25) is 0 Å². The molecule has 4 N–H and O–H groups in total. The van der Waals surface area contributed by atoms with Gasteiger partial charge < -0.3 is 25.3 Å². The molecule has 0 radical (unpaired) electrons. The molecule has 1 atom stereocenters. The molecule has 4 rings (SSSR count). The van der Waals surface area contributed by atoms with Gasteiger partial charge in [-0.25, -0.2) is 9.78 Å². The third-order valence-electron chi connectivity index (χ3n) is 4.80. The summed E-state index contributed by atoms with van der Waals surface area (Å²) in [5, 5.41) is 17.9. The van der Waals surface area contributed by atoms with Crippen molar-refractivity contribution in [2.75, 3.05) is 30.0 Å². The van der Waals surface area contributed by atoms with Crippen molar-refractivity contribution in [3.05, 3.63) is 52.3 Å². The number of nitrogens with zero attached hydrogens (tertiary/aromatic N) is 4. The first kappa shape index (κ1) is 19.5. The van der Waals surface area contributed by atoms with Crippen molar-refractivity contribution in [3.8, 4) is 11.8 Å². The minimum absolute atomic E-state index is 0.163. The topological polar surface area (TPSA) is 128 Å². The molecule has 0 amide bonds. The van der Waals surface area contributed by atoms with Crippen LogP contribution in [0.1, 0.15) is 18.1 Å². The Morgan fingerprint density at radius 1 is 1.50 bits per heavy atom. The zero-order chi connectivity index (χ0) is 20.9. The molecular weight excluding hydrogens is 384 g/mol. The maximum Gasteiger partial charge on any atom is 0.326 e. The number of nitrogens with one attached hydrogen (secondary N) is 4. The summed E-state index contributed by atoms with van der Waals surface area (Å²) in [6.07, 6.45) is 6.08. The molecule has 3 aromatic rings.